The average Bonchev–Trinajstić information content (AvgIpc) is 2.40. The van der Waals surface area contributed by atoms with Crippen molar-refractivity contribution in [3.8, 4) is 0 Å². The molecule has 0 bridgehead atoms. The van der Waals surface area contributed by atoms with Crippen LogP contribution >= 0.6 is 11.8 Å². The molecule has 96 valence electrons. The molecule has 0 atom stereocenters. The standard InChI is InChI=1S/C12H14N2O3S/c15-10(9-1-5-13-6-2-9)14-12(11(16)17)3-7-18-8-4-12/h1-2,5-6H,3-4,7-8H2,(H,14,15)(H,16,17). The van der Waals surface area contributed by atoms with Crippen LogP contribution in [0.5, 0.6) is 0 Å². The number of carboxylic acid groups (broad SMARTS) is 1. The molecule has 0 unspecified atom stereocenters. The zero-order valence-electron chi connectivity index (χ0n) is 9.76. The van der Waals surface area contributed by atoms with Crippen molar-refractivity contribution in [3.63, 3.8) is 0 Å². The van der Waals surface area contributed by atoms with Crippen LogP contribution in [0.1, 0.15) is 23.2 Å². The van der Waals surface area contributed by atoms with Crippen molar-refractivity contribution >= 4 is 23.6 Å². The van der Waals surface area contributed by atoms with E-state index in [4.69, 9.17) is 0 Å². The fraction of sp³-hybridized carbons (Fsp3) is 0.417. The minimum atomic E-state index is -1.12. The van der Waals surface area contributed by atoms with Gasteiger partial charge in [0.2, 0.25) is 0 Å². The monoisotopic (exact) mass is 266 g/mol. The van der Waals surface area contributed by atoms with Gasteiger partial charge in [0.1, 0.15) is 5.54 Å². The number of aromatic nitrogens is 1. The number of hydrogen-bond acceptors (Lipinski definition) is 4. The maximum Gasteiger partial charge on any atom is 0.329 e. The Labute approximate surface area is 109 Å². The molecular formula is C12H14N2O3S. The molecule has 0 aliphatic carbocycles. The Hall–Kier alpha value is -1.56. The number of nitrogens with zero attached hydrogens (tertiary/aromatic N) is 1. The number of carboxylic acids is 1. The maximum atomic E-state index is 12.0. The van der Waals surface area contributed by atoms with Gasteiger partial charge in [-0.2, -0.15) is 11.8 Å². The molecule has 2 heterocycles. The lowest BCUT2D eigenvalue weighted by atomic mass is 9.92. The smallest absolute Gasteiger partial charge is 0.329 e. The van der Waals surface area contributed by atoms with Crippen molar-refractivity contribution in [1.29, 1.82) is 0 Å². The van der Waals surface area contributed by atoms with E-state index < -0.39 is 11.5 Å². The molecule has 0 radical (unpaired) electrons. The molecule has 0 saturated carbocycles. The number of rotatable bonds is 3. The van der Waals surface area contributed by atoms with Crippen molar-refractivity contribution in [2.45, 2.75) is 18.4 Å². The summed E-state index contributed by atoms with van der Waals surface area (Å²) in [6.45, 7) is 0. The Bertz CT molecular complexity index is 444. The van der Waals surface area contributed by atoms with E-state index in [0.29, 0.717) is 18.4 Å². The zero-order valence-corrected chi connectivity index (χ0v) is 10.6. The number of nitrogens with one attached hydrogen (secondary N) is 1. The number of carbonyl (C=O) groups is 2. The highest BCUT2D eigenvalue weighted by atomic mass is 32.2. The molecule has 2 N–H and O–H groups in total. The summed E-state index contributed by atoms with van der Waals surface area (Å²) < 4.78 is 0. The minimum absolute atomic E-state index is 0.355. The highest BCUT2D eigenvalue weighted by molar-refractivity contribution is 7.99. The summed E-state index contributed by atoms with van der Waals surface area (Å²) in [5.41, 5.74) is -0.685. The second-order valence-corrected chi connectivity index (χ2v) is 5.41. The van der Waals surface area contributed by atoms with Crippen LogP contribution in [-0.4, -0.2) is 39.0 Å². The van der Waals surface area contributed by atoms with Gasteiger partial charge in [-0.15, -0.1) is 0 Å². The maximum absolute atomic E-state index is 12.0. The molecule has 0 spiro atoms. The molecular weight excluding hydrogens is 252 g/mol. The first-order chi connectivity index (χ1) is 8.64. The number of hydrogen-bond donors (Lipinski definition) is 2. The largest absolute Gasteiger partial charge is 0.480 e. The predicted octanol–water partition coefficient (Wildman–Crippen LogP) is 1.16. The van der Waals surface area contributed by atoms with Crippen molar-refractivity contribution in [2.24, 2.45) is 0 Å². The van der Waals surface area contributed by atoms with Crippen LogP contribution in [0.2, 0.25) is 0 Å². The van der Waals surface area contributed by atoms with Gasteiger partial charge < -0.3 is 10.4 Å². The third kappa shape index (κ3) is 2.64. The zero-order chi connectivity index (χ0) is 13.0. The van der Waals surface area contributed by atoms with Gasteiger partial charge in [0.05, 0.1) is 0 Å². The normalized spacial score (nSPS) is 18.0. The summed E-state index contributed by atoms with van der Waals surface area (Å²) in [4.78, 5) is 27.2. The lowest BCUT2D eigenvalue weighted by Gasteiger charge is -2.33. The van der Waals surface area contributed by atoms with Crippen LogP contribution in [0.4, 0.5) is 0 Å². The van der Waals surface area contributed by atoms with Gasteiger partial charge in [0.15, 0.2) is 0 Å². The second-order valence-electron chi connectivity index (χ2n) is 4.19. The number of carbonyl (C=O) groups excluding carboxylic acids is 1. The molecule has 1 aromatic heterocycles. The van der Waals surface area contributed by atoms with Gasteiger partial charge in [-0.3, -0.25) is 9.78 Å². The Morgan fingerprint density at radius 3 is 2.44 bits per heavy atom. The lowest BCUT2D eigenvalue weighted by molar-refractivity contribution is -0.144. The Morgan fingerprint density at radius 2 is 1.89 bits per heavy atom. The Morgan fingerprint density at radius 1 is 1.28 bits per heavy atom. The van der Waals surface area contributed by atoms with E-state index in [9.17, 15) is 14.7 Å². The molecule has 1 aromatic rings. The van der Waals surface area contributed by atoms with Crippen LogP contribution in [0.15, 0.2) is 24.5 Å². The number of aliphatic carboxylic acids is 1. The van der Waals surface area contributed by atoms with Crippen molar-refractivity contribution in [2.75, 3.05) is 11.5 Å². The van der Waals surface area contributed by atoms with E-state index in [1.54, 1.807) is 23.9 Å². The Balaban J connectivity index is 2.15. The second kappa shape index (κ2) is 5.39. The van der Waals surface area contributed by atoms with Crippen LogP contribution in [0.3, 0.4) is 0 Å². The van der Waals surface area contributed by atoms with Crippen LogP contribution in [-0.2, 0) is 4.79 Å². The average molecular weight is 266 g/mol. The summed E-state index contributed by atoms with van der Waals surface area (Å²) in [5, 5.41) is 12.0. The summed E-state index contributed by atoms with van der Waals surface area (Å²) >= 11 is 1.71. The van der Waals surface area contributed by atoms with E-state index in [-0.39, 0.29) is 5.91 Å². The molecule has 1 aliphatic heterocycles. The van der Waals surface area contributed by atoms with Gasteiger partial charge in [-0.25, -0.2) is 4.79 Å². The van der Waals surface area contributed by atoms with Gasteiger partial charge in [0, 0.05) is 18.0 Å². The van der Waals surface area contributed by atoms with Gasteiger partial charge in [0.25, 0.3) is 5.91 Å². The van der Waals surface area contributed by atoms with Crippen LogP contribution in [0, 0.1) is 0 Å². The Kier molecular flexibility index (Phi) is 3.86. The van der Waals surface area contributed by atoms with E-state index in [0.717, 1.165) is 11.5 Å². The van der Waals surface area contributed by atoms with Crippen molar-refractivity contribution in [3.05, 3.63) is 30.1 Å². The summed E-state index contributed by atoms with van der Waals surface area (Å²) in [6.07, 6.45) is 3.95. The molecule has 0 aromatic carbocycles. The van der Waals surface area contributed by atoms with Crippen molar-refractivity contribution in [1.82, 2.24) is 10.3 Å². The molecule has 1 saturated heterocycles. The molecule has 1 fully saturated rings. The van der Waals surface area contributed by atoms with Crippen LogP contribution in [0.25, 0.3) is 0 Å². The minimum Gasteiger partial charge on any atom is -0.480 e. The highest BCUT2D eigenvalue weighted by Gasteiger charge is 2.41. The summed E-state index contributed by atoms with van der Waals surface area (Å²) in [5.74, 6) is 0.197. The van der Waals surface area contributed by atoms with Gasteiger partial charge in [-0.05, 0) is 36.5 Å². The van der Waals surface area contributed by atoms with Gasteiger partial charge >= 0.3 is 5.97 Å². The van der Waals surface area contributed by atoms with Gasteiger partial charge in [-0.1, -0.05) is 0 Å². The first kappa shape index (κ1) is 12.9. The summed E-state index contributed by atoms with van der Waals surface area (Å²) in [6, 6.07) is 3.14. The quantitative estimate of drug-likeness (QED) is 0.858. The molecule has 5 nitrogen and oxygen atoms in total. The molecule has 2 rings (SSSR count). The highest BCUT2D eigenvalue weighted by Crippen LogP contribution is 2.27. The van der Waals surface area contributed by atoms with E-state index >= 15 is 0 Å². The first-order valence-electron chi connectivity index (χ1n) is 5.68. The number of pyridine rings is 1. The van der Waals surface area contributed by atoms with E-state index in [1.165, 1.54) is 12.4 Å². The topological polar surface area (TPSA) is 79.3 Å². The molecule has 1 aliphatic rings. The van der Waals surface area contributed by atoms with E-state index in [1.807, 2.05) is 0 Å². The van der Waals surface area contributed by atoms with E-state index in [2.05, 4.69) is 10.3 Å². The first-order valence-corrected chi connectivity index (χ1v) is 6.83. The van der Waals surface area contributed by atoms with Crippen LogP contribution < -0.4 is 5.32 Å². The SMILES string of the molecule is O=C(NC1(C(=O)O)CCSCC1)c1ccncc1. The van der Waals surface area contributed by atoms with Crippen molar-refractivity contribution < 1.29 is 14.7 Å². The summed E-state index contributed by atoms with van der Waals surface area (Å²) in [7, 11) is 0. The third-order valence-corrected chi connectivity index (χ3v) is 4.04. The fourth-order valence-corrected chi connectivity index (χ4v) is 3.09. The number of amides is 1. The third-order valence-electron chi connectivity index (χ3n) is 3.05. The fourth-order valence-electron chi connectivity index (χ4n) is 1.90. The molecule has 1 amide bonds. The molecule has 6 heteroatoms. The lowest BCUT2D eigenvalue weighted by Crippen LogP contribution is -2.56. The predicted molar refractivity (Wildman–Crippen MR) is 68.6 cm³/mol. The molecule has 18 heavy (non-hydrogen) atoms. The number of thioether (sulfide) groups is 1.